The fourth-order valence-electron chi connectivity index (χ4n) is 2.28. The minimum atomic E-state index is -3.23. The number of rotatable bonds is 8. The Kier molecular flexibility index (Phi) is 10.7. The van der Waals surface area contributed by atoms with Gasteiger partial charge in [0, 0.05) is 25.6 Å². The average molecular weight is 517 g/mol. The van der Waals surface area contributed by atoms with Crippen molar-refractivity contribution in [2.75, 3.05) is 31.4 Å². The minimum absolute atomic E-state index is 0. The predicted molar refractivity (Wildman–Crippen MR) is 117 cm³/mol. The molecule has 1 aromatic carbocycles. The van der Waals surface area contributed by atoms with Crippen molar-refractivity contribution in [3.8, 4) is 0 Å². The molecule has 0 atom stereocenters. The third-order valence-electron chi connectivity index (χ3n) is 3.39. The van der Waals surface area contributed by atoms with E-state index in [1.165, 1.54) is 12.5 Å². The maximum absolute atomic E-state index is 11.6. The van der Waals surface area contributed by atoms with Gasteiger partial charge in [-0.25, -0.2) is 21.8 Å². The number of sulfone groups is 2. The molecule has 0 amide bonds. The third-order valence-corrected chi connectivity index (χ3v) is 5.67. The summed E-state index contributed by atoms with van der Waals surface area (Å²) < 4.78 is 45.5. The van der Waals surface area contributed by atoms with Gasteiger partial charge in [-0.2, -0.15) is 0 Å². The summed E-state index contributed by atoms with van der Waals surface area (Å²) in [5.74, 6) is 0.729. The fourth-order valence-corrected chi connectivity index (χ4v) is 3.91. The third kappa shape index (κ3) is 9.72. The van der Waals surface area contributed by atoms with E-state index in [4.69, 9.17) is 0 Å². The molecule has 0 spiro atoms. The van der Waals surface area contributed by atoms with Crippen LogP contribution in [0.25, 0.3) is 0 Å². The van der Waals surface area contributed by atoms with Gasteiger partial charge in [0.25, 0.3) is 0 Å². The van der Waals surface area contributed by atoms with Crippen molar-refractivity contribution in [3.63, 3.8) is 0 Å². The zero-order valence-corrected chi connectivity index (χ0v) is 19.5. The molecule has 0 unspecified atom stereocenters. The van der Waals surface area contributed by atoms with Gasteiger partial charge in [-0.05, 0) is 37.5 Å². The Hall–Kier alpha value is -0.880. The molecule has 0 aliphatic rings. The van der Waals surface area contributed by atoms with Gasteiger partial charge >= 0.3 is 0 Å². The van der Waals surface area contributed by atoms with Gasteiger partial charge in [-0.15, -0.1) is 24.0 Å². The number of hydrogen-bond donors (Lipinski definition) is 2. The van der Waals surface area contributed by atoms with Crippen LogP contribution < -0.4 is 10.6 Å². The summed E-state index contributed by atoms with van der Waals surface area (Å²) in [5.41, 5.74) is 1.60. The lowest BCUT2D eigenvalue weighted by molar-refractivity contribution is 0.597. The molecule has 0 saturated heterocycles. The van der Waals surface area contributed by atoms with Gasteiger partial charge in [0.2, 0.25) is 0 Å². The molecule has 0 heterocycles. The van der Waals surface area contributed by atoms with Gasteiger partial charge in [0.05, 0.1) is 17.2 Å². The Morgan fingerprint density at radius 2 is 1.77 bits per heavy atom. The van der Waals surface area contributed by atoms with Crippen LogP contribution >= 0.6 is 24.0 Å². The van der Waals surface area contributed by atoms with Gasteiger partial charge in [-0.3, -0.25) is 0 Å². The first-order valence-corrected chi connectivity index (χ1v) is 12.0. The Labute approximate surface area is 173 Å². The van der Waals surface area contributed by atoms with Gasteiger partial charge in [0.1, 0.15) is 9.84 Å². The summed E-state index contributed by atoms with van der Waals surface area (Å²) in [6, 6.07) is 5.16. The molecule has 0 saturated carbocycles. The first-order valence-electron chi connectivity index (χ1n) is 8.02. The lowest BCUT2D eigenvalue weighted by Crippen LogP contribution is -2.38. The van der Waals surface area contributed by atoms with E-state index in [0.717, 1.165) is 5.56 Å². The van der Waals surface area contributed by atoms with Crippen molar-refractivity contribution in [1.29, 1.82) is 0 Å². The number of nitrogens with one attached hydrogen (secondary N) is 2. The second-order valence-corrected chi connectivity index (χ2v) is 10.2. The lowest BCUT2D eigenvalue weighted by atomic mass is 10.1. The summed E-state index contributed by atoms with van der Waals surface area (Å²) in [4.78, 5) is 4.77. The number of guanidine groups is 1. The highest BCUT2D eigenvalue weighted by molar-refractivity contribution is 14.0. The number of benzene rings is 1. The minimum Gasteiger partial charge on any atom is -0.357 e. The maximum Gasteiger partial charge on any atom is 0.191 e. The van der Waals surface area contributed by atoms with Crippen LogP contribution in [-0.4, -0.2) is 54.1 Å². The van der Waals surface area contributed by atoms with Crippen molar-refractivity contribution < 1.29 is 16.8 Å². The number of aryl methyl sites for hydroxylation is 1. The van der Waals surface area contributed by atoms with Crippen molar-refractivity contribution in [2.45, 2.75) is 31.7 Å². The van der Waals surface area contributed by atoms with Crippen molar-refractivity contribution in [2.24, 2.45) is 4.99 Å². The molecule has 0 fully saturated rings. The molecule has 26 heavy (non-hydrogen) atoms. The molecule has 1 aromatic rings. The second kappa shape index (κ2) is 11.1. The van der Waals surface area contributed by atoms with Crippen LogP contribution in [0.1, 0.15) is 24.5 Å². The molecule has 1 rings (SSSR count). The smallest absolute Gasteiger partial charge is 0.191 e. The standard InChI is InChI=1S/C16H27N3O4S2.HI/c1-5-17-16(18-9-6-10-24(3,20)21)19-12-14-7-8-15(13(2)11-14)25(4,22)23;/h7-8,11H,5-6,9-10,12H2,1-4H3,(H2,17,18,19);1H. The molecule has 0 radical (unpaired) electrons. The van der Waals surface area contributed by atoms with Crippen LogP contribution in [0.15, 0.2) is 28.1 Å². The quantitative estimate of drug-likeness (QED) is 0.235. The highest BCUT2D eigenvalue weighted by Crippen LogP contribution is 2.17. The van der Waals surface area contributed by atoms with Crippen molar-refractivity contribution in [1.82, 2.24) is 10.6 Å². The van der Waals surface area contributed by atoms with Crippen LogP contribution in [0.2, 0.25) is 0 Å². The van der Waals surface area contributed by atoms with E-state index in [1.807, 2.05) is 13.0 Å². The summed E-state index contributed by atoms with van der Waals surface area (Å²) in [6.07, 6.45) is 2.91. The zero-order chi connectivity index (χ0) is 19.1. The van der Waals surface area contributed by atoms with E-state index in [9.17, 15) is 16.8 Å². The Balaban J connectivity index is 0.00000625. The molecular formula is C16H28IN3O4S2. The van der Waals surface area contributed by atoms with Crippen LogP contribution in [0.5, 0.6) is 0 Å². The molecular weight excluding hydrogens is 489 g/mol. The molecule has 7 nitrogen and oxygen atoms in total. The average Bonchev–Trinajstić information content (AvgIpc) is 2.46. The van der Waals surface area contributed by atoms with E-state index in [-0.39, 0.29) is 29.7 Å². The van der Waals surface area contributed by atoms with Crippen molar-refractivity contribution >= 4 is 49.6 Å². The van der Waals surface area contributed by atoms with Crippen molar-refractivity contribution in [3.05, 3.63) is 29.3 Å². The number of nitrogens with zero attached hydrogens (tertiary/aromatic N) is 1. The predicted octanol–water partition coefficient (Wildman–Crippen LogP) is 1.51. The Bertz CT molecular complexity index is 822. The first kappa shape index (κ1) is 25.1. The second-order valence-electron chi connectivity index (χ2n) is 5.98. The molecule has 0 aliphatic carbocycles. The Morgan fingerprint density at radius 3 is 2.27 bits per heavy atom. The molecule has 0 aromatic heterocycles. The number of hydrogen-bond acceptors (Lipinski definition) is 5. The maximum atomic E-state index is 11.6. The van der Waals surface area contributed by atoms with Crippen LogP contribution in [0.4, 0.5) is 0 Å². The van der Waals surface area contributed by atoms with E-state index >= 15 is 0 Å². The summed E-state index contributed by atoms with van der Waals surface area (Å²) in [5, 5.41) is 6.19. The van der Waals surface area contributed by atoms with Gasteiger partial charge < -0.3 is 10.6 Å². The van der Waals surface area contributed by atoms with E-state index in [2.05, 4.69) is 15.6 Å². The topological polar surface area (TPSA) is 105 Å². The fraction of sp³-hybridized carbons (Fsp3) is 0.562. The molecule has 0 aliphatic heterocycles. The van der Waals surface area contributed by atoms with Gasteiger partial charge in [-0.1, -0.05) is 12.1 Å². The molecule has 0 bridgehead atoms. The monoisotopic (exact) mass is 517 g/mol. The molecule has 2 N–H and O–H groups in total. The normalized spacial score (nSPS) is 12.4. The summed E-state index contributed by atoms with van der Waals surface area (Å²) in [7, 11) is -6.19. The highest BCUT2D eigenvalue weighted by atomic mass is 127. The molecule has 10 heteroatoms. The summed E-state index contributed by atoms with van der Waals surface area (Å²) in [6.45, 7) is 5.29. The number of halogens is 1. The largest absolute Gasteiger partial charge is 0.357 e. The zero-order valence-electron chi connectivity index (χ0n) is 15.6. The lowest BCUT2D eigenvalue weighted by Gasteiger charge is -2.11. The van der Waals surface area contributed by atoms with Crippen LogP contribution in [-0.2, 0) is 26.2 Å². The van der Waals surface area contributed by atoms with E-state index in [0.29, 0.717) is 42.5 Å². The van der Waals surface area contributed by atoms with E-state index < -0.39 is 19.7 Å². The Morgan fingerprint density at radius 1 is 1.12 bits per heavy atom. The highest BCUT2D eigenvalue weighted by Gasteiger charge is 2.10. The number of aliphatic imine (C=N–C) groups is 1. The summed E-state index contributed by atoms with van der Waals surface area (Å²) >= 11 is 0. The molecule has 150 valence electrons. The van der Waals surface area contributed by atoms with E-state index in [1.54, 1.807) is 19.1 Å². The first-order chi connectivity index (χ1) is 11.5. The SMILES string of the molecule is CCNC(=NCc1ccc(S(C)(=O)=O)c(C)c1)NCCCS(C)(=O)=O.I. The van der Waals surface area contributed by atoms with Gasteiger partial charge in [0.15, 0.2) is 15.8 Å². The van der Waals surface area contributed by atoms with Crippen LogP contribution in [0, 0.1) is 6.92 Å². The van der Waals surface area contributed by atoms with Crippen LogP contribution in [0.3, 0.4) is 0 Å².